The number of rotatable bonds is 8. The van der Waals surface area contributed by atoms with Crippen LogP contribution in [0, 0.1) is 6.92 Å². The minimum absolute atomic E-state index is 0.291. The second-order valence-electron chi connectivity index (χ2n) is 8.17. The summed E-state index contributed by atoms with van der Waals surface area (Å²) in [5.74, 6) is -0.422. The van der Waals surface area contributed by atoms with Gasteiger partial charge in [-0.1, -0.05) is 67.9 Å². The van der Waals surface area contributed by atoms with Crippen LogP contribution in [0.25, 0.3) is 27.8 Å². The fraction of sp³-hybridized carbons (Fsp3) is 0.241. The van der Waals surface area contributed by atoms with Crippen LogP contribution in [0.4, 0.5) is 0 Å². The first kappa shape index (κ1) is 23.3. The number of esters is 2. The van der Waals surface area contributed by atoms with Gasteiger partial charge in [0.2, 0.25) is 0 Å². The summed E-state index contributed by atoms with van der Waals surface area (Å²) in [5.41, 5.74) is 3.26. The van der Waals surface area contributed by atoms with Crippen LogP contribution in [0.5, 0.6) is 5.75 Å². The number of aromatic nitrogens is 1. The van der Waals surface area contributed by atoms with E-state index in [2.05, 4.69) is 11.5 Å². The van der Waals surface area contributed by atoms with Crippen molar-refractivity contribution in [3.05, 3.63) is 83.6 Å². The monoisotopic (exact) mass is 455 g/mol. The summed E-state index contributed by atoms with van der Waals surface area (Å²) in [6.45, 7) is 6.98. The molecular formula is C29H29NO4. The van der Waals surface area contributed by atoms with Crippen LogP contribution in [0.15, 0.2) is 66.7 Å². The zero-order valence-electron chi connectivity index (χ0n) is 19.8. The van der Waals surface area contributed by atoms with Gasteiger partial charge in [0, 0.05) is 34.5 Å². The third-order valence-corrected chi connectivity index (χ3v) is 5.92. The van der Waals surface area contributed by atoms with E-state index in [9.17, 15) is 9.59 Å². The molecule has 0 saturated carbocycles. The maximum Gasteiger partial charge on any atom is 0.340 e. The molecule has 0 N–H and O–H groups in total. The van der Waals surface area contributed by atoms with Gasteiger partial charge in [0.15, 0.2) is 0 Å². The van der Waals surface area contributed by atoms with E-state index in [4.69, 9.17) is 9.47 Å². The van der Waals surface area contributed by atoms with Crippen LogP contribution in [0.2, 0.25) is 0 Å². The van der Waals surface area contributed by atoms with Crippen LogP contribution in [-0.2, 0) is 16.1 Å². The molecular weight excluding hydrogens is 426 g/mol. The predicted molar refractivity (Wildman–Crippen MR) is 136 cm³/mol. The minimum Gasteiger partial charge on any atom is -0.462 e. The third kappa shape index (κ3) is 4.60. The minimum atomic E-state index is -0.479. The number of benzene rings is 3. The van der Waals surface area contributed by atoms with E-state index in [0.717, 1.165) is 52.3 Å². The molecule has 1 aromatic heterocycles. The molecule has 0 aliphatic carbocycles. The number of hydrogen-bond acceptors (Lipinski definition) is 4. The van der Waals surface area contributed by atoms with Gasteiger partial charge in [-0.05, 0) is 38.0 Å². The molecule has 0 radical (unpaired) electrons. The molecule has 0 aliphatic rings. The molecule has 0 atom stereocenters. The molecule has 0 saturated heterocycles. The average Bonchev–Trinajstić information content (AvgIpc) is 3.13. The molecule has 3 aromatic carbocycles. The first-order valence-corrected chi connectivity index (χ1v) is 11.7. The van der Waals surface area contributed by atoms with E-state index in [1.807, 2.05) is 61.5 Å². The van der Waals surface area contributed by atoms with Crippen molar-refractivity contribution in [3.8, 4) is 5.75 Å². The highest BCUT2D eigenvalue weighted by Gasteiger charge is 2.24. The Balaban J connectivity index is 1.85. The highest BCUT2D eigenvalue weighted by atomic mass is 16.5. The van der Waals surface area contributed by atoms with Gasteiger partial charge in [-0.3, -0.25) is 0 Å². The number of nitrogens with zero attached hydrogens (tertiary/aromatic N) is 1. The van der Waals surface area contributed by atoms with Crippen LogP contribution in [-0.4, -0.2) is 23.1 Å². The lowest BCUT2D eigenvalue weighted by Gasteiger charge is -2.12. The molecule has 34 heavy (non-hydrogen) atoms. The standard InChI is InChI=1S/C29H29NO4/c1-4-6-18-30-20(3)27(29(32)33-5-2)24-19-25(22-14-10-11-15-23(22)28(24)30)34-26(31)17-16-21-12-8-7-9-13-21/h7-17,19H,4-6,18H2,1-3H3/b17-16+. The molecule has 0 fully saturated rings. The Morgan fingerprint density at radius 3 is 2.35 bits per heavy atom. The lowest BCUT2D eigenvalue weighted by atomic mass is 10.0. The number of hydrogen-bond donors (Lipinski definition) is 0. The van der Waals surface area contributed by atoms with Crippen molar-refractivity contribution in [3.63, 3.8) is 0 Å². The van der Waals surface area contributed by atoms with Gasteiger partial charge in [0.25, 0.3) is 0 Å². The van der Waals surface area contributed by atoms with E-state index >= 15 is 0 Å². The van der Waals surface area contributed by atoms with Gasteiger partial charge >= 0.3 is 11.9 Å². The van der Waals surface area contributed by atoms with Crippen molar-refractivity contribution in [1.82, 2.24) is 4.57 Å². The van der Waals surface area contributed by atoms with E-state index in [0.29, 0.717) is 17.9 Å². The van der Waals surface area contributed by atoms with Crippen LogP contribution in [0.3, 0.4) is 0 Å². The fourth-order valence-corrected chi connectivity index (χ4v) is 4.32. The number of unbranched alkanes of at least 4 members (excludes halogenated alkanes) is 1. The van der Waals surface area contributed by atoms with Gasteiger partial charge in [-0.2, -0.15) is 0 Å². The lowest BCUT2D eigenvalue weighted by molar-refractivity contribution is -0.128. The molecule has 0 amide bonds. The maximum absolute atomic E-state index is 12.9. The van der Waals surface area contributed by atoms with E-state index in [-0.39, 0.29) is 5.97 Å². The fourth-order valence-electron chi connectivity index (χ4n) is 4.32. The summed E-state index contributed by atoms with van der Waals surface area (Å²) in [6, 6.07) is 19.2. The second kappa shape index (κ2) is 10.4. The summed E-state index contributed by atoms with van der Waals surface area (Å²) in [6.07, 6.45) is 5.16. The van der Waals surface area contributed by atoms with Crippen molar-refractivity contribution in [2.24, 2.45) is 0 Å². The summed E-state index contributed by atoms with van der Waals surface area (Å²) in [4.78, 5) is 25.6. The van der Waals surface area contributed by atoms with Gasteiger partial charge in [0.05, 0.1) is 17.7 Å². The largest absolute Gasteiger partial charge is 0.462 e. The van der Waals surface area contributed by atoms with E-state index in [1.165, 1.54) is 6.08 Å². The number of fused-ring (bicyclic) bond motifs is 3. The van der Waals surface area contributed by atoms with Crippen LogP contribution < -0.4 is 4.74 Å². The SMILES string of the molecule is CCCCn1c(C)c(C(=O)OCC)c2cc(OC(=O)/C=C/c3ccccc3)c3ccccc3c21. The molecule has 174 valence electrons. The van der Waals surface area contributed by atoms with Crippen molar-refractivity contribution >= 4 is 39.7 Å². The Morgan fingerprint density at radius 1 is 0.941 bits per heavy atom. The van der Waals surface area contributed by atoms with Crippen molar-refractivity contribution in [2.45, 2.75) is 40.2 Å². The molecule has 4 rings (SSSR count). The summed E-state index contributed by atoms with van der Waals surface area (Å²) >= 11 is 0. The molecule has 0 unspecified atom stereocenters. The molecule has 0 bridgehead atoms. The maximum atomic E-state index is 12.9. The number of ether oxygens (including phenoxy) is 2. The topological polar surface area (TPSA) is 57.5 Å². The highest BCUT2D eigenvalue weighted by molar-refractivity contribution is 6.16. The number of aryl methyl sites for hydroxylation is 1. The summed E-state index contributed by atoms with van der Waals surface area (Å²) < 4.78 is 13.4. The van der Waals surface area contributed by atoms with Crippen LogP contribution >= 0.6 is 0 Å². The quantitative estimate of drug-likeness (QED) is 0.169. The molecule has 5 nitrogen and oxygen atoms in total. The number of carbonyl (C=O) groups is 2. The Bertz CT molecular complexity index is 1370. The Morgan fingerprint density at radius 2 is 1.65 bits per heavy atom. The normalized spacial score (nSPS) is 11.4. The smallest absolute Gasteiger partial charge is 0.340 e. The van der Waals surface area contributed by atoms with Crippen molar-refractivity contribution < 1.29 is 19.1 Å². The van der Waals surface area contributed by atoms with E-state index < -0.39 is 5.97 Å². The van der Waals surface area contributed by atoms with Gasteiger partial charge in [0.1, 0.15) is 5.75 Å². The van der Waals surface area contributed by atoms with Gasteiger partial charge in [-0.15, -0.1) is 0 Å². The lowest BCUT2D eigenvalue weighted by Crippen LogP contribution is -2.07. The second-order valence-corrected chi connectivity index (χ2v) is 8.17. The molecule has 1 heterocycles. The molecule has 4 aromatic rings. The number of carbonyl (C=O) groups excluding carboxylic acids is 2. The Kier molecular flexibility index (Phi) is 7.12. The zero-order chi connectivity index (χ0) is 24.1. The summed E-state index contributed by atoms with van der Waals surface area (Å²) in [5, 5.41) is 2.49. The molecule has 0 spiro atoms. The Labute approximate surface area is 199 Å². The zero-order valence-corrected chi connectivity index (χ0v) is 19.8. The van der Waals surface area contributed by atoms with Crippen LogP contribution in [0.1, 0.15) is 48.3 Å². The first-order chi connectivity index (χ1) is 16.5. The molecule has 5 heteroatoms. The predicted octanol–water partition coefficient (Wildman–Crippen LogP) is 6.70. The first-order valence-electron chi connectivity index (χ1n) is 11.7. The van der Waals surface area contributed by atoms with Crippen molar-refractivity contribution in [2.75, 3.05) is 6.61 Å². The van der Waals surface area contributed by atoms with Gasteiger partial charge < -0.3 is 14.0 Å². The van der Waals surface area contributed by atoms with E-state index in [1.54, 1.807) is 19.1 Å². The van der Waals surface area contributed by atoms with Gasteiger partial charge in [-0.25, -0.2) is 9.59 Å². The Hall–Kier alpha value is -3.86. The highest BCUT2D eigenvalue weighted by Crippen LogP contribution is 2.38. The average molecular weight is 456 g/mol. The summed E-state index contributed by atoms with van der Waals surface area (Å²) in [7, 11) is 0. The molecule has 0 aliphatic heterocycles. The third-order valence-electron chi connectivity index (χ3n) is 5.92. The van der Waals surface area contributed by atoms with Crippen molar-refractivity contribution in [1.29, 1.82) is 0 Å².